The van der Waals surface area contributed by atoms with Gasteiger partial charge in [0, 0.05) is 44.9 Å². The van der Waals surface area contributed by atoms with Crippen LogP contribution in [0.1, 0.15) is 11.1 Å². The highest BCUT2D eigenvalue weighted by Crippen LogP contribution is 2.40. The van der Waals surface area contributed by atoms with Crippen LogP contribution >= 0.6 is 0 Å². The van der Waals surface area contributed by atoms with Gasteiger partial charge in [0.2, 0.25) is 5.75 Å². The van der Waals surface area contributed by atoms with Gasteiger partial charge in [-0.05, 0) is 17.7 Å². The molecule has 2 aromatic carbocycles. The van der Waals surface area contributed by atoms with Crippen LogP contribution in [0.5, 0.6) is 23.0 Å². The molecule has 2 aromatic rings. The minimum absolute atomic E-state index is 0.141. The lowest BCUT2D eigenvalue weighted by Gasteiger charge is -2.34. The number of rotatable bonds is 8. The maximum atomic E-state index is 12.7. The fourth-order valence-electron chi connectivity index (χ4n) is 3.59. The fourth-order valence-corrected chi connectivity index (χ4v) is 3.59. The smallest absolute Gasteiger partial charge is 0.416 e. The van der Waals surface area contributed by atoms with Crippen molar-refractivity contribution in [1.29, 1.82) is 0 Å². The molecular weight excluding hydrogens is 441 g/mol. The molecule has 1 heterocycles. The number of carbonyl (C=O) groups excluding carboxylic acids is 1. The van der Waals surface area contributed by atoms with Gasteiger partial charge >= 0.3 is 6.18 Å². The van der Waals surface area contributed by atoms with Gasteiger partial charge in [-0.1, -0.05) is 12.1 Å². The van der Waals surface area contributed by atoms with E-state index in [0.29, 0.717) is 55.7 Å². The number of hydrogen-bond donors (Lipinski definition) is 0. The molecule has 0 saturated carbocycles. The van der Waals surface area contributed by atoms with Crippen LogP contribution in [0.3, 0.4) is 0 Å². The lowest BCUT2D eigenvalue weighted by molar-refractivity contribution is -0.137. The summed E-state index contributed by atoms with van der Waals surface area (Å²) in [7, 11) is 4.49. The SMILES string of the molecule is COc1cc(OCC(=O)N2CCN(Cc3ccc(C(F)(F)F)cc3)CC2)cc(OC)c1OC. The molecule has 0 aliphatic carbocycles. The van der Waals surface area contributed by atoms with Crippen LogP contribution in [0.25, 0.3) is 0 Å². The Kier molecular flexibility index (Phi) is 7.91. The number of alkyl halides is 3. The minimum Gasteiger partial charge on any atom is -0.493 e. The van der Waals surface area contributed by atoms with Crippen molar-refractivity contribution in [2.45, 2.75) is 12.7 Å². The standard InChI is InChI=1S/C23H27F3N2O5/c1-30-19-12-18(13-20(31-2)22(19)32-3)33-15-21(29)28-10-8-27(9-11-28)14-16-4-6-17(7-5-16)23(24,25)26/h4-7,12-13H,8-11,14-15H2,1-3H3. The van der Waals surface area contributed by atoms with E-state index in [9.17, 15) is 18.0 Å². The number of nitrogens with zero attached hydrogens (tertiary/aromatic N) is 2. The minimum atomic E-state index is -4.34. The van der Waals surface area contributed by atoms with E-state index in [1.807, 2.05) is 0 Å². The second-order valence-corrected chi connectivity index (χ2v) is 7.50. The summed E-state index contributed by atoms with van der Waals surface area (Å²) in [5, 5.41) is 0. The van der Waals surface area contributed by atoms with E-state index >= 15 is 0 Å². The van der Waals surface area contributed by atoms with E-state index < -0.39 is 11.7 Å². The van der Waals surface area contributed by atoms with Gasteiger partial charge in [-0.25, -0.2) is 0 Å². The summed E-state index contributed by atoms with van der Waals surface area (Å²) in [5.41, 5.74) is 0.141. The molecule has 0 aromatic heterocycles. The molecule has 1 aliphatic rings. The van der Waals surface area contributed by atoms with E-state index in [1.54, 1.807) is 17.0 Å². The van der Waals surface area contributed by atoms with Crippen LogP contribution in [0.2, 0.25) is 0 Å². The summed E-state index contributed by atoms with van der Waals surface area (Å²) in [5.74, 6) is 1.55. The van der Waals surface area contributed by atoms with E-state index in [1.165, 1.54) is 33.5 Å². The van der Waals surface area contributed by atoms with Crippen molar-refractivity contribution < 1.29 is 36.9 Å². The lowest BCUT2D eigenvalue weighted by Crippen LogP contribution is -2.49. The van der Waals surface area contributed by atoms with Gasteiger partial charge in [0.1, 0.15) is 5.75 Å². The molecule has 0 atom stereocenters. The molecule has 0 N–H and O–H groups in total. The van der Waals surface area contributed by atoms with Crippen molar-refractivity contribution in [2.24, 2.45) is 0 Å². The monoisotopic (exact) mass is 468 g/mol. The van der Waals surface area contributed by atoms with E-state index in [2.05, 4.69) is 4.90 Å². The quantitative estimate of drug-likeness (QED) is 0.592. The highest BCUT2D eigenvalue weighted by atomic mass is 19.4. The molecule has 7 nitrogen and oxygen atoms in total. The molecule has 0 bridgehead atoms. The molecule has 0 unspecified atom stereocenters. The number of carbonyl (C=O) groups is 1. The van der Waals surface area contributed by atoms with Crippen LogP contribution in [0.4, 0.5) is 13.2 Å². The largest absolute Gasteiger partial charge is 0.493 e. The molecule has 1 saturated heterocycles. The maximum Gasteiger partial charge on any atom is 0.416 e. The summed E-state index contributed by atoms with van der Waals surface area (Å²) in [4.78, 5) is 16.4. The zero-order chi connectivity index (χ0) is 24.0. The van der Waals surface area contributed by atoms with Gasteiger partial charge < -0.3 is 23.8 Å². The Morgan fingerprint density at radius 1 is 0.909 bits per heavy atom. The number of hydrogen-bond acceptors (Lipinski definition) is 6. The first-order valence-corrected chi connectivity index (χ1v) is 10.3. The van der Waals surface area contributed by atoms with Gasteiger partial charge in [-0.15, -0.1) is 0 Å². The highest BCUT2D eigenvalue weighted by Gasteiger charge is 2.30. The van der Waals surface area contributed by atoms with Gasteiger partial charge in [0.15, 0.2) is 18.1 Å². The number of piperazine rings is 1. The van der Waals surface area contributed by atoms with Crippen LogP contribution in [-0.2, 0) is 17.5 Å². The van der Waals surface area contributed by atoms with Crippen molar-refractivity contribution in [3.8, 4) is 23.0 Å². The third kappa shape index (κ3) is 6.22. The van der Waals surface area contributed by atoms with Crippen molar-refractivity contribution in [3.05, 3.63) is 47.5 Å². The average Bonchev–Trinajstić information content (AvgIpc) is 2.82. The number of amides is 1. The molecular formula is C23H27F3N2O5. The number of benzene rings is 2. The summed E-state index contributed by atoms with van der Waals surface area (Å²) in [6, 6.07) is 8.41. The molecule has 180 valence electrons. The Hall–Kier alpha value is -3.14. The van der Waals surface area contributed by atoms with Crippen molar-refractivity contribution in [3.63, 3.8) is 0 Å². The summed E-state index contributed by atoms with van der Waals surface area (Å²) in [6.45, 7) is 2.66. The Morgan fingerprint density at radius 2 is 1.48 bits per heavy atom. The van der Waals surface area contributed by atoms with Crippen LogP contribution in [-0.4, -0.2) is 69.8 Å². The van der Waals surface area contributed by atoms with Crippen LogP contribution in [0, 0.1) is 0 Å². The molecule has 0 spiro atoms. The maximum absolute atomic E-state index is 12.7. The van der Waals surface area contributed by atoms with Crippen molar-refractivity contribution >= 4 is 5.91 Å². The second kappa shape index (κ2) is 10.7. The van der Waals surface area contributed by atoms with Gasteiger partial charge in [-0.3, -0.25) is 9.69 Å². The first-order chi connectivity index (χ1) is 15.7. The fraction of sp³-hybridized carbons (Fsp3) is 0.435. The molecule has 1 fully saturated rings. The molecule has 10 heteroatoms. The van der Waals surface area contributed by atoms with E-state index in [4.69, 9.17) is 18.9 Å². The van der Waals surface area contributed by atoms with Crippen LogP contribution in [0.15, 0.2) is 36.4 Å². The lowest BCUT2D eigenvalue weighted by atomic mass is 10.1. The number of ether oxygens (including phenoxy) is 4. The summed E-state index contributed by atoms with van der Waals surface area (Å²) < 4.78 is 59.6. The van der Waals surface area contributed by atoms with Gasteiger partial charge in [-0.2, -0.15) is 13.2 Å². The first-order valence-electron chi connectivity index (χ1n) is 10.3. The number of methoxy groups -OCH3 is 3. The summed E-state index contributed by atoms with van der Waals surface area (Å²) >= 11 is 0. The molecule has 1 amide bonds. The Balaban J connectivity index is 1.50. The molecule has 33 heavy (non-hydrogen) atoms. The normalized spacial score (nSPS) is 14.7. The van der Waals surface area contributed by atoms with Gasteiger partial charge in [0.05, 0.1) is 26.9 Å². The van der Waals surface area contributed by atoms with Crippen LogP contribution < -0.4 is 18.9 Å². The number of halogens is 3. The highest BCUT2D eigenvalue weighted by molar-refractivity contribution is 5.78. The molecule has 0 radical (unpaired) electrons. The third-order valence-corrected chi connectivity index (χ3v) is 5.41. The zero-order valence-corrected chi connectivity index (χ0v) is 18.8. The van der Waals surface area contributed by atoms with E-state index in [-0.39, 0.29) is 12.5 Å². The van der Waals surface area contributed by atoms with E-state index in [0.717, 1.165) is 17.7 Å². The Labute approximate surface area is 190 Å². The Morgan fingerprint density at radius 3 is 1.97 bits per heavy atom. The topological polar surface area (TPSA) is 60.5 Å². The predicted molar refractivity (Wildman–Crippen MR) is 115 cm³/mol. The Bertz CT molecular complexity index is 917. The second-order valence-electron chi connectivity index (χ2n) is 7.50. The predicted octanol–water partition coefficient (Wildman–Crippen LogP) is 3.45. The zero-order valence-electron chi connectivity index (χ0n) is 18.8. The average molecular weight is 468 g/mol. The summed E-state index contributed by atoms with van der Waals surface area (Å²) in [6.07, 6.45) is -4.34. The molecule has 1 aliphatic heterocycles. The van der Waals surface area contributed by atoms with Crippen molar-refractivity contribution in [2.75, 3.05) is 54.1 Å². The van der Waals surface area contributed by atoms with Gasteiger partial charge in [0.25, 0.3) is 5.91 Å². The molecule has 3 rings (SSSR count). The first kappa shape index (κ1) is 24.5. The third-order valence-electron chi connectivity index (χ3n) is 5.41. The van der Waals surface area contributed by atoms with Crippen molar-refractivity contribution in [1.82, 2.24) is 9.80 Å².